The van der Waals surface area contributed by atoms with E-state index in [1.165, 1.54) is 0 Å². The lowest BCUT2D eigenvalue weighted by Crippen LogP contribution is -2.42. The van der Waals surface area contributed by atoms with E-state index in [9.17, 15) is 13.2 Å². The van der Waals surface area contributed by atoms with Gasteiger partial charge < -0.3 is 14.4 Å². The SMILES string of the molecule is CCOc1ccc(OCC(=O)N2CCCC2CS(=O)(=O)c2ccccc2)cc1. The number of benzene rings is 2. The van der Waals surface area contributed by atoms with Crippen LogP contribution in [0.4, 0.5) is 0 Å². The van der Waals surface area contributed by atoms with Crippen molar-refractivity contribution >= 4 is 15.7 Å². The van der Waals surface area contributed by atoms with Gasteiger partial charge in [0, 0.05) is 12.6 Å². The van der Waals surface area contributed by atoms with Crippen LogP contribution in [-0.4, -0.2) is 50.8 Å². The maximum absolute atomic E-state index is 12.6. The number of sulfone groups is 1. The Bertz CT molecular complexity index is 881. The van der Waals surface area contributed by atoms with Crippen LogP contribution < -0.4 is 9.47 Å². The van der Waals surface area contributed by atoms with Gasteiger partial charge in [0.05, 0.1) is 17.3 Å². The number of nitrogens with zero attached hydrogens (tertiary/aromatic N) is 1. The van der Waals surface area contributed by atoms with Gasteiger partial charge in [-0.25, -0.2) is 8.42 Å². The summed E-state index contributed by atoms with van der Waals surface area (Å²) in [5.74, 6) is 1.06. The maximum atomic E-state index is 12.6. The first kappa shape index (κ1) is 20.2. The molecule has 1 atom stereocenters. The van der Waals surface area contributed by atoms with Crippen LogP contribution in [0.2, 0.25) is 0 Å². The number of hydrogen-bond acceptors (Lipinski definition) is 5. The van der Waals surface area contributed by atoms with Gasteiger partial charge in [-0.1, -0.05) is 18.2 Å². The number of rotatable bonds is 8. The first-order valence-electron chi connectivity index (χ1n) is 9.42. The average molecular weight is 404 g/mol. The Morgan fingerprint density at radius 2 is 1.68 bits per heavy atom. The molecule has 1 amide bonds. The highest BCUT2D eigenvalue weighted by molar-refractivity contribution is 7.91. The number of likely N-dealkylation sites (tertiary alicyclic amines) is 1. The van der Waals surface area contributed by atoms with Crippen molar-refractivity contribution in [2.24, 2.45) is 0 Å². The maximum Gasteiger partial charge on any atom is 0.260 e. The number of carbonyl (C=O) groups excluding carboxylic acids is 1. The molecule has 6 nitrogen and oxygen atoms in total. The lowest BCUT2D eigenvalue weighted by Gasteiger charge is -2.24. The van der Waals surface area contributed by atoms with Crippen LogP contribution in [0.1, 0.15) is 19.8 Å². The summed E-state index contributed by atoms with van der Waals surface area (Å²) in [6, 6.07) is 15.1. The second-order valence-electron chi connectivity index (χ2n) is 6.67. The fraction of sp³-hybridized carbons (Fsp3) is 0.381. The fourth-order valence-corrected chi connectivity index (χ4v) is 4.96. The highest BCUT2D eigenvalue weighted by Gasteiger charge is 2.33. The van der Waals surface area contributed by atoms with Crippen molar-refractivity contribution in [2.45, 2.75) is 30.7 Å². The molecule has 1 unspecified atom stereocenters. The minimum absolute atomic E-state index is 0.0637. The first-order chi connectivity index (χ1) is 13.5. The monoisotopic (exact) mass is 403 g/mol. The van der Waals surface area contributed by atoms with Crippen molar-refractivity contribution in [1.82, 2.24) is 4.90 Å². The van der Waals surface area contributed by atoms with Crippen LogP contribution in [0, 0.1) is 0 Å². The van der Waals surface area contributed by atoms with Crippen molar-refractivity contribution in [1.29, 1.82) is 0 Å². The summed E-state index contributed by atoms with van der Waals surface area (Å²) in [6.45, 7) is 2.94. The highest BCUT2D eigenvalue weighted by atomic mass is 32.2. The molecule has 0 saturated carbocycles. The molecular weight excluding hydrogens is 378 g/mol. The van der Waals surface area contributed by atoms with Crippen LogP contribution >= 0.6 is 0 Å². The van der Waals surface area contributed by atoms with Gasteiger partial charge in [0.1, 0.15) is 11.5 Å². The van der Waals surface area contributed by atoms with Crippen LogP contribution in [0.25, 0.3) is 0 Å². The van der Waals surface area contributed by atoms with E-state index in [0.29, 0.717) is 30.2 Å². The topological polar surface area (TPSA) is 72.9 Å². The fourth-order valence-electron chi connectivity index (χ4n) is 3.34. The third-order valence-electron chi connectivity index (χ3n) is 4.71. The molecule has 1 aliphatic rings. The van der Waals surface area contributed by atoms with Gasteiger partial charge in [0.25, 0.3) is 5.91 Å². The predicted molar refractivity (Wildman–Crippen MR) is 106 cm³/mol. The first-order valence-corrected chi connectivity index (χ1v) is 11.1. The summed E-state index contributed by atoms with van der Waals surface area (Å²) in [5, 5.41) is 0. The second-order valence-corrected chi connectivity index (χ2v) is 8.70. The Morgan fingerprint density at radius 1 is 1.04 bits per heavy atom. The van der Waals surface area contributed by atoms with E-state index in [1.54, 1.807) is 59.5 Å². The van der Waals surface area contributed by atoms with E-state index >= 15 is 0 Å². The molecule has 150 valence electrons. The molecule has 1 heterocycles. The minimum Gasteiger partial charge on any atom is -0.494 e. The van der Waals surface area contributed by atoms with E-state index in [0.717, 1.165) is 12.2 Å². The molecule has 1 saturated heterocycles. The summed E-state index contributed by atoms with van der Waals surface area (Å²) < 4.78 is 36.2. The van der Waals surface area contributed by atoms with Crippen LogP contribution in [0.5, 0.6) is 11.5 Å². The van der Waals surface area contributed by atoms with E-state index < -0.39 is 9.84 Å². The second kappa shape index (κ2) is 9.10. The summed E-state index contributed by atoms with van der Waals surface area (Å²) >= 11 is 0. The van der Waals surface area contributed by atoms with E-state index in [2.05, 4.69) is 0 Å². The Kier molecular flexibility index (Phi) is 6.57. The lowest BCUT2D eigenvalue weighted by molar-refractivity contribution is -0.133. The van der Waals surface area contributed by atoms with Crippen LogP contribution in [-0.2, 0) is 14.6 Å². The third kappa shape index (κ3) is 5.04. The number of ether oxygens (including phenoxy) is 2. The van der Waals surface area contributed by atoms with Gasteiger partial charge >= 0.3 is 0 Å². The molecule has 0 aromatic heterocycles. The zero-order valence-corrected chi connectivity index (χ0v) is 16.7. The number of carbonyl (C=O) groups is 1. The van der Waals surface area contributed by atoms with Crippen molar-refractivity contribution in [3.63, 3.8) is 0 Å². The van der Waals surface area contributed by atoms with E-state index in [-0.39, 0.29) is 24.3 Å². The number of amides is 1. The Hall–Kier alpha value is -2.54. The van der Waals surface area contributed by atoms with Gasteiger partial charge in [0.15, 0.2) is 16.4 Å². The van der Waals surface area contributed by atoms with Gasteiger partial charge in [-0.2, -0.15) is 0 Å². The molecule has 3 rings (SSSR count). The highest BCUT2D eigenvalue weighted by Crippen LogP contribution is 2.23. The molecule has 1 aliphatic heterocycles. The molecule has 28 heavy (non-hydrogen) atoms. The van der Waals surface area contributed by atoms with Gasteiger partial charge in [-0.3, -0.25) is 4.79 Å². The van der Waals surface area contributed by atoms with Gasteiger partial charge in [-0.15, -0.1) is 0 Å². The quantitative estimate of drug-likeness (QED) is 0.678. The summed E-state index contributed by atoms with van der Waals surface area (Å²) in [4.78, 5) is 14.5. The lowest BCUT2D eigenvalue weighted by atomic mass is 10.2. The average Bonchev–Trinajstić information content (AvgIpc) is 3.15. The molecule has 7 heteroatoms. The van der Waals surface area contributed by atoms with Crippen molar-refractivity contribution in [3.05, 3.63) is 54.6 Å². The number of hydrogen-bond donors (Lipinski definition) is 0. The Balaban J connectivity index is 1.58. The third-order valence-corrected chi connectivity index (χ3v) is 6.52. The molecule has 0 spiro atoms. The van der Waals surface area contributed by atoms with Crippen molar-refractivity contribution in [3.8, 4) is 11.5 Å². The predicted octanol–water partition coefficient (Wildman–Crippen LogP) is 2.93. The van der Waals surface area contributed by atoms with Crippen LogP contribution in [0.3, 0.4) is 0 Å². The molecule has 0 radical (unpaired) electrons. The largest absolute Gasteiger partial charge is 0.494 e. The van der Waals surface area contributed by atoms with Crippen molar-refractivity contribution < 1.29 is 22.7 Å². The molecule has 2 aromatic carbocycles. The van der Waals surface area contributed by atoms with Gasteiger partial charge in [0.2, 0.25) is 0 Å². The Labute approximate surface area is 166 Å². The van der Waals surface area contributed by atoms with E-state index in [1.807, 2.05) is 6.92 Å². The molecule has 0 N–H and O–H groups in total. The zero-order chi connectivity index (χ0) is 20.0. The Morgan fingerprint density at radius 3 is 2.32 bits per heavy atom. The molecular formula is C21H25NO5S. The molecule has 0 bridgehead atoms. The summed E-state index contributed by atoms with van der Waals surface area (Å²) in [6.07, 6.45) is 1.48. The normalized spacial score (nSPS) is 16.8. The minimum atomic E-state index is -3.44. The standard InChI is InChI=1S/C21H25NO5S/c1-2-26-18-10-12-19(13-11-18)27-15-21(23)22-14-6-7-17(22)16-28(24,25)20-8-4-3-5-9-20/h3-5,8-13,17H,2,6-7,14-16H2,1H3. The summed E-state index contributed by atoms with van der Waals surface area (Å²) in [5.41, 5.74) is 0. The van der Waals surface area contributed by atoms with Crippen LogP contribution in [0.15, 0.2) is 59.5 Å². The molecule has 2 aromatic rings. The van der Waals surface area contributed by atoms with Crippen molar-refractivity contribution in [2.75, 3.05) is 25.5 Å². The zero-order valence-electron chi connectivity index (χ0n) is 15.9. The van der Waals surface area contributed by atoms with Gasteiger partial charge in [-0.05, 0) is 56.2 Å². The van der Waals surface area contributed by atoms with E-state index in [4.69, 9.17) is 9.47 Å². The smallest absolute Gasteiger partial charge is 0.260 e. The summed E-state index contributed by atoms with van der Waals surface area (Å²) in [7, 11) is -3.44. The molecule has 1 fully saturated rings. The molecule has 0 aliphatic carbocycles.